The van der Waals surface area contributed by atoms with Crippen molar-refractivity contribution in [1.29, 1.82) is 0 Å². The Morgan fingerprint density at radius 1 is 1.10 bits per heavy atom. The molecule has 7 nitrogen and oxygen atoms in total. The van der Waals surface area contributed by atoms with Crippen molar-refractivity contribution < 1.29 is 24.2 Å². The first-order chi connectivity index (χ1) is 15.0. The number of carboxylic acid groups (broad SMARTS) is 1. The lowest BCUT2D eigenvalue weighted by Gasteiger charge is -2.23. The Morgan fingerprint density at radius 2 is 1.84 bits per heavy atom. The summed E-state index contributed by atoms with van der Waals surface area (Å²) in [6.45, 7) is 8.44. The van der Waals surface area contributed by atoms with Crippen LogP contribution in [0.15, 0.2) is 24.3 Å². The van der Waals surface area contributed by atoms with Gasteiger partial charge in [-0.3, -0.25) is 0 Å². The predicted octanol–water partition coefficient (Wildman–Crippen LogP) is 4.05. The van der Waals surface area contributed by atoms with Gasteiger partial charge in [-0.15, -0.1) is 0 Å². The molecule has 0 bridgehead atoms. The van der Waals surface area contributed by atoms with Crippen LogP contribution < -0.4 is 10.1 Å². The zero-order valence-corrected chi connectivity index (χ0v) is 19.9. The summed E-state index contributed by atoms with van der Waals surface area (Å²) < 4.78 is 11.1. The van der Waals surface area contributed by atoms with Gasteiger partial charge in [0.2, 0.25) is 0 Å². The fraction of sp³-hybridized carbons (Fsp3) is 0.652. The molecule has 2 amide bonds. The van der Waals surface area contributed by atoms with Crippen LogP contribution in [0.25, 0.3) is 0 Å². The number of hydrogen-bond acceptors (Lipinski definition) is 5. The van der Waals surface area contributed by atoms with Crippen molar-refractivity contribution in [2.24, 2.45) is 0 Å². The molecule has 0 radical (unpaired) electrons. The number of unbranched alkanes of at least 4 members (excludes halogenated alkanes) is 2. The molecule has 1 rings (SSSR count). The molecule has 0 aromatic heterocycles. The first-order valence-electron chi connectivity index (χ1n) is 11.2. The number of carboxylic acids is 1. The van der Waals surface area contributed by atoms with Gasteiger partial charge in [-0.05, 0) is 43.7 Å². The first-order valence-corrected chi connectivity index (χ1v) is 12.3. The van der Waals surface area contributed by atoms with E-state index >= 15 is 0 Å². The predicted molar refractivity (Wildman–Crippen MR) is 126 cm³/mol. The number of benzene rings is 1. The minimum absolute atomic E-state index is 0.0637. The van der Waals surface area contributed by atoms with Crippen molar-refractivity contribution in [3.05, 3.63) is 29.8 Å². The van der Waals surface area contributed by atoms with Crippen LogP contribution in [-0.4, -0.2) is 72.5 Å². The lowest BCUT2D eigenvalue weighted by molar-refractivity contribution is -0.149. The second-order valence-corrected chi connectivity index (χ2v) is 8.35. The van der Waals surface area contributed by atoms with Gasteiger partial charge in [0.25, 0.3) is 0 Å². The number of carbonyl (C=O) groups excluding carboxylic acids is 1. The smallest absolute Gasteiger partial charge is 0.333 e. The maximum Gasteiger partial charge on any atom is 0.333 e. The van der Waals surface area contributed by atoms with Crippen LogP contribution in [-0.2, 0) is 16.0 Å². The van der Waals surface area contributed by atoms with Gasteiger partial charge < -0.3 is 24.8 Å². The minimum atomic E-state index is -0.962. The van der Waals surface area contributed by atoms with E-state index in [1.54, 1.807) is 11.8 Å². The molecular formula is C23H38N2O5S. The maximum absolute atomic E-state index is 12.3. The molecular weight excluding hydrogens is 416 g/mol. The summed E-state index contributed by atoms with van der Waals surface area (Å²) in [6, 6.07) is 7.27. The van der Waals surface area contributed by atoms with Crippen LogP contribution in [0.4, 0.5) is 4.79 Å². The van der Waals surface area contributed by atoms with Crippen molar-refractivity contribution in [2.75, 3.05) is 44.4 Å². The second kappa shape index (κ2) is 16.7. The van der Waals surface area contributed by atoms with Crippen LogP contribution in [0.2, 0.25) is 0 Å². The minimum Gasteiger partial charge on any atom is -0.492 e. The van der Waals surface area contributed by atoms with Gasteiger partial charge in [0.1, 0.15) is 12.4 Å². The van der Waals surface area contributed by atoms with Crippen LogP contribution >= 0.6 is 11.8 Å². The highest BCUT2D eigenvalue weighted by Gasteiger charge is 2.18. The number of carbonyl (C=O) groups is 2. The van der Waals surface area contributed by atoms with Crippen LogP contribution in [0.5, 0.6) is 5.75 Å². The first kappa shape index (κ1) is 27.1. The van der Waals surface area contributed by atoms with Crippen LogP contribution in [0, 0.1) is 0 Å². The monoisotopic (exact) mass is 454 g/mol. The van der Waals surface area contributed by atoms with E-state index in [0.717, 1.165) is 17.1 Å². The molecule has 0 fully saturated rings. The van der Waals surface area contributed by atoms with E-state index in [1.807, 2.05) is 43.0 Å². The summed E-state index contributed by atoms with van der Waals surface area (Å²) in [5.41, 5.74) is 0.872. The summed E-state index contributed by atoms with van der Waals surface area (Å²) in [5.74, 6) is 1.78. The lowest BCUT2D eigenvalue weighted by Crippen LogP contribution is -2.43. The fourth-order valence-corrected chi connectivity index (χ4v) is 3.90. The third kappa shape index (κ3) is 11.9. The molecule has 1 aromatic rings. The van der Waals surface area contributed by atoms with Gasteiger partial charge in [0.05, 0.1) is 6.54 Å². The Kier molecular flexibility index (Phi) is 14.6. The number of hydrogen-bond donors (Lipinski definition) is 2. The van der Waals surface area contributed by atoms with E-state index in [-0.39, 0.29) is 6.03 Å². The highest BCUT2D eigenvalue weighted by molar-refractivity contribution is 7.99. The second-order valence-electron chi connectivity index (χ2n) is 7.12. The molecule has 0 saturated carbocycles. The van der Waals surface area contributed by atoms with Gasteiger partial charge >= 0.3 is 12.0 Å². The number of nitrogens with one attached hydrogen (secondary N) is 1. The zero-order chi connectivity index (χ0) is 22.9. The molecule has 2 N–H and O–H groups in total. The summed E-state index contributed by atoms with van der Waals surface area (Å²) >= 11 is 1.88. The van der Waals surface area contributed by atoms with Gasteiger partial charge in [-0.25, -0.2) is 9.59 Å². The molecule has 0 saturated heterocycles. The standard InChI is InChI=1S/C23H38N2O5S/c1-4-7-8-16-31-17-14-25(23(28)24-5-2)13-15-30-20-11-9-19(10-12-20)18-21(22(26)27)29-6-3/h9-12,21H,4-8,13-18H2,1-3H3,(H,24,28)(H,26,27). The average molecular weight is 455 g/mol. The van der Waals surface area contributed by atoms with E-state index in [9.17, 15) is 14.7 Å². The quantitative estimate of drug-likeness (QED) is 0.345. The van der Waals surface area contributed by atoms with Crippen molar-refractivity contribution in [3.63, 3.8) is 0 Å². The Morgan fingerprint density at radius 3 is 2.45 bits per heavy atom. The lowest BCUT2D eigenvalue weighted by atomic mass is 10.1. The van der Waals surface area contributed by atoms with Gasteiger partial charge in [-0.2, -0.15) is 11.8 Å². The van der Waals surface area contributed by atoms with Crippen molar-refractivity contribution in [3.8, 4) is 5.75 Å². The van der Waals surface area contributed by atoms with Crippen LogP contribution in [0.3, 0.4) is 0 Å². The van der Waals surface area contributed by atoms with Gasteiger partial charge in [0, 0.05) is 31.9 Å². The molecule has 0 heterocycles. The fourth-order valence-electron chi connectivity index (χ4n) is 2.94. The highest BCUT2D eigenvalue weighted by Crippen LogP contribution is 2.15. The van der Waals surface area contributed by atoms with E-state index in [0.29, 0.717) is 45.0 Å². The number of amides is 2. The Hall–Kier alpha value is -1.93. The summed E-state index contributed by atoms with van der Waals surface area (Å²) in [4.78, 5) is 25.3. The molecule has 176 valence electrons. The van der Waals surface area contributed by atoms with E-state index in [4.69, 9.17) is 9.47 Å². The molecule has 0 aliphatic heterocycles. The largest absolute Gasteiger partial charge is 0.492 e. The molecule has 8 heteroatoms. The molecule has 1 aromatic carbocycles. The van der Waals surface area contributed by atoms with Gasteiger partial charge in [-0.1, -0.05) is 31.9 Å². The number of rotatable bonds is 17. The molecule has 1 unspecified atom stereocenters. The number of nitrogens with zero attached hydrogens (tertiary/aromatic N) is 1. The maximum atomic E-state index is 12.3. The van der Waals surface area contributed by atoms with E-state index in [2.05, 4.69) is 12.2 Å². The zero-order valence-electron chi connectivity index (χ0n) is 19.1. The third-order valence-electron chi connectivity index (χ3n) is 4.63. The summed E-state index contributed by atoms with van der Waals surface area (Å²) in [6.07, 6.45) is 3.16. The van der Waals surface area contributed by atoms with Crippen LogP contribution in [0.1, 0.15) is 45.6 Å². The number of aliphatic carboxylic acids is 1. The average Bonchev–Trinajstić information content (AvgIpc) is 2.75. The Labute approximate surface area is 190 Å². The molecule has 0 spiro atoms. The van der Waals surface area contributed by atoms with Crippen molar-refractivity contribution >= 4 is 23.8 Å². The van der Waals surface area contributed by atoms with E-state index in [1.165, 1.54) is 19.3 Å². The number of ether oxygens (including phenoxy) is 2. The number of thioether (sulfide) groups is 1. The van der Waals surface area contributed by atoms with Crippen molar-refractivity contribution in [2.45, 2.75) is 52.6 Å². The molecule has 0 aliphatic rings. The summed E-state index contributed by atoms with van der Waals surface area (Å²) in [7, 11) is 0. The van der Waals surface area contributed by atoms with Crippen molar-refractivity contribution in [1.82, 2.24) is 10.2 Å². The van der Waals surface area contributed by atoms with E-state index < -0.39 is 12.1 Å². The molecule has 1 atom stereocenters. The number of urea groups is 1. The Balaban J connectivity index is 2.46. The SMILES string of the molecule is CCCCCSCCN(CCOc1ccc(CC(OCC)C(=O)O)cc1)C(=O)NCC. The van der Waals surface area contributed by atoms with Gasteiger partial charge in [0.15, 0.2) is 6.10 Å². The molecule has 31 heavy (non-hydrogen) atoms. The summed E-state index contributed by atoms with van der Waals surface area (Å²) in [5, 5.41) is 12.1. The third-order valence-corrected chi connectivity index (χ3v) is 5.68. The normalized spacial score (nSPS) is 11.7. The molecule has 0 aliphatic carbocycles. The topological polar surface area (TPSA) is 88.1 Å². The Bertz CT molecular complexity index is 627. The highest BCUT2D eigenvalue weighted by atomic mass is 32.2.